The van der Waals surface area contributed by atoms with Crippen molar-refractivity contribution in [2.45, 2.75) is 6.42 Å². The number of halogens is 1. The van der Waals surface area contributed by atoms with Crippen molar-refractivity contribution in [1.82, 2.24) is 9.55 Å². The van der Waals surface area contributed by atoms with Crippen LogP contribution >= 0.6 is 11.6 Å². The first-order valence-corrected chi connectivity index (χ1v) is 4.58. The first-order chi connectivity index (χ1) is 6.74. The maximum atomic E-state index is 8.60. The van der Waals surface area contributed by atoms with Crippen LogP contribution < -0.4 is 0 Å². The second kappa shape index (κ2) is 3.32. The van der Waals surface area contributed by atoms with Crippen LogP contribution in [0.2, 0.25) is 5.02 Å². The van der Waals surface area contributed by atoms with Crippen molar-refractivity contribution in [1.29, 1.82) is 5.26 Å². The topological polar surface area (TPSA) is 41.6 Å². The highest BCUT2D eigenvalue weighted by atomic mass is 35.5. The van der Waals surface area contributed by atoms with E-state index in [9.17, 15) is 0 Å². The van der Waals surface area contributed by atoms with Crippen molar-refractivity contribution in [3.8, 4) is 6.07 Å². The molecule has 14 heavy (non-hydrogen) atoms. The van der Waals surface area contributed by atoms with E-state index in [1.165, 1.54) is 0 Å². The fourth-order valence-corrected chi connectivity index (χ4v) is 1.79. The van der Waals surface area contributed by atoms with E-state index in [0.29, 0.717) is 11.4 Å². The second-order valence-corrected chi connectivity index (χ2v) is 3.44. The molecule has 0 saturated heterocycles. The lowest BCUT2D eigenvalue weighted by Gasteiger charge is -1.98. The largest absolute Gasteiger partial charge is 0.329 e. The minimum atomic E-state index is 0.307. The van der Waals surface area contributed by atoms with Gasteiger partial charge in [0.25, 0.3) is 0 Å². The maximum Gasteiger partial charge on any atom is 0.123 e. The van der Waals surface area contributed by atoms with E-state index in [-0.39, 0.29) is 0 Å². The van der Waals surface area contributed by atoms with Crippen LogP contribution in [0.4, 0.5) is 0 Å². The molecule has 0 aliphatic carbocycles. The second-order valence-electron chi connectivity index (χ2n) is 3.03. The van der Waals surface area contributed by atoms with Crippen LogP contribution in [0, 0.1) is 11.3 Å². The van der Waals surface area contributed by atoms with Crippen LogP contribution in [0.25, 0.3) is 11.0 Å². The molecule has 1 aromatic carbocycles. The van der Waals surface area contributed by atoms with Gasteiger partial charge in [-0.25, -0.2) is 4.98 Å². The zero-order chi connectivity index (χ0) is 10.1. The third-order valence-corrected chi connectivity index (χ3v) is 2.48. The Morgan fingerprint density at radius 3 is 3.00 bits per heavy atom. The first-order valence-electron chi connectivity index (χ1n) is 4.21. The number of fused-ring (bicyclic) bond motifs is 1. The lowest BCUT2D eigenvalue weighted by Crippen LogP contribution is -1.96. The fourth-order valence-electron chi connectivity index (χ4n) is 1.50. The Hall–Kier alpha value is -1.53. The van der Waals surface area contributed by atoms with Gasteiger partial charge in [-0.1, -0.05) is 17.7 Å². The average Bonchev–Trinajstić information content (AvgIpc) is 2.46. The molecule has 4 heteroatoms. The molecule has 0 amide bonds. The number of nitriles is 1. The van der Waals surface area contributed by atoms with Crippen LogP contribution in [0.1, 0.15) is 5.82 Å². The Labute approximate surface area is 86.5 Å². The molecular formula is C10H8ClN3. The molecule has 0 aliphatic rings. The number of hydrogen-bond donors (Lipinski definition) is 0. The molecule has 0 bridgehead atoms. The van der Waals surface area contributed by atoms with Crippen molar-refractivity contribution in [2.24, 2.45) is 7.05 Å². The van der Waals surface area contributed by atoms with Gasteiger partial charge in [-0.05, 0) is 12.1 Å². The van der Waals surface area contributed by atoms with Gasteiger partial charge in [0.2, 0.25) is 0 Å². The highest BCUT2D eigenvalue weighted by Crippen LogP contribution is 2.23. The molecule has 0 fully saturated rings. The zero-order valence-corrected chi connectivity index (χ0v) is 8.41. The Morgan fingerprint density at radius 1 is 1.57 bits per heavy atom. The Balaban J connectivity index is 2.75. The van der Waals surface area contributed by atoms with Crippen molar-refractivity contribution in [3.63, 3.8) is 0 Å². The van der Waals surface area contributed by atoms with E-state index in [2.05, 4.69) is 11.1 Å². The van der Waals surface area contributed by atoms with Crippen molar-refractivity contribution >= 4 is 22.6 Å². The van der Waals surface area contributed by atoms with E-state index in [1.54, 1.807) is 0 Å². The van der Waals surface area contributed by atoms with E-state index in [4.69, 9.17) is 16.9 Å². The third kappa shape index (κ3) is 1.24. The fraction of sp³-hybridized carbons (Fsp3) is 0.200. The number of para-hydroxylation sites is 1. The standard InChI is InChI=1S/C10H8ClN3/c1-14-9(5-6-12)13-8-4-2-3-7(11)10(8)14/h2-4H,5H2,1H3. The van der Waals surface area contributed by atoms with Gasteiger partial charge >= 0.3 is 0 Å². The van der Waals surface area contributed by atoms with E-state index in [0.717, 1.165) is 16.9 Å². The smallest absolute Gasteiger partial charge is 0.123 e. The van der Waals surface area contributed by atoms with Gasteiger partial charge in [0.1, 0.15) is 5.82 Å². The molecule has 0 saturated carbocycles. The number of aromatic nitrogens is 2. The van der Waals surface area contributed by atoms with Crippen LogP contribution in [-0.4, -0.2) is 9.55 Å². The van der Waals surface area contributed by atoms with E-state index in [1.807, 2.05) is 29.8 Å². The van der Waals surface area contributed by atoms with Crippen LogP contribution in [-0.2, 0) is 13.5 Å². The molecule has 0 spiro atoms. The molecule has 0 N–H and O–H groups in total. The van der Waals surface area contributed by atoms with Gasteiger partial charge < -0.3 is 4.57 Å². The Morgan fingerprint density at radius 2 is 2.36 bits per heavy atom. The molecule has 0 aliphatic heterocycles. The lowest BCUT2D eigenvalue weighted by atomic mass is 10.3. The minimum absolute atomic E-state index is 0.307. The molecule has 70 valence electrons. The summed E-state index contributed by atoms with van der Waals surface area (Å²) >= 11 is 6.03. The van der Waals surface area contributed by atoms with Gasteiger partial charge in [0.15, 0.2) is 0 Å². The number of aryl methyl sites for hydroxylation is 1. The normalized spacial score (nSPS) is 10.4. The van der Waals surface area contributed by atoms with Crippen LogP contribution in [0.3, 0.4) is 0 Å². The lowest BCUT2D eigenvalue weighted by molar-refractivity contribution is 0.857. The van der Waals surface area contributed by atoms with Gasteiger partial charge in [-0.3, -0.25) is 0 Å². The number of imidazole rings is 1. The molecule has 0 unspecified atom stereocenters. The summed E-state index contributed by atoms with van der Waals surface area (Å²) in [6.07, 6.45) is 0.307. The van der Waals surface area contributed by atoms with E-state index < -0.39 is 0 Å². The van der Waals surface area contributed by atoms with Gasteiger partial charge in [-0.2, -0.15) is 5.26 Å². The maximum absolute atomic E-state index is 8.60. The molecule has 0 atom stereocenters. The number of benzene rings is 1. The number of hydrogen-bond acceptors (Lipinski definition) is 2. The summed E-state index contributed by atoms with van der Waals surface area (Å²) in [5.41, 5.74) is 1.73. The highest BCUT2D eigenvalue weighted by molar-refractivity contribution is 6.35. The summed E-state index contributed by atoms with van der Waals surface area (Å²) in [4.78, 5) is 4.32. The highest BCUT2D eigenvalue weighted by Gasteiger charge is 2.09. The summed E-state index contributed by atoms with van der Waals surface area (Å²) < 4.78 is 1.86. The van der Waals surface area contributed by atoms with Crippen molar-refractivity contribution in [3.05, 3.63) is 29.0 Å². The molecule has 2 aromatic rings. The Kier molecular flexibility index (Phi) is 2.14. The number of nitrogens with zero attached hydrogens (tertiary/aromatic N) is 3. The van der Waals surface area contributed by atoms with Crippen LogP contribution in [0.15, 0.2) is 18.2 Å². The van der Waals surface area contributed by atoms with E-state index >= 15 is 0 Å². The molecule has 1 heterocycles. The molecule has 1 aromatic heterocycles. The summed E-state index contributed by atoms with van der Waals surface area (Å²) in [5.74, 6) is 0.746. The van der Waals surface area contributed by atoms with Crippen molar-refractivity contribution in [2.75, 3.05) is 0 Å². The minimum Gasteiger partial charge on any atom is -0.329 e. The Bertz CT molecular complexity index is 522. The summed E-state index contributed by atoms with van der Waals surface area (Å²) in [6.45, 7) is 0. The summed E-state index contributed by atoms with van der Waals surface area (Å²) in [6, 6.07) is 7.65. The molecular weight excluding hydrogens is 198 g/mol. The monoisotopic (exact) mass is 205 g/mol. The predicted molar refractivity (Wildman–Crippen MR) is 55.0 cm³/mol. The van der Waals surface area contributed by atoms with Crippen LogP contribution in [0.5, 0.6) is 0 Å². The van der Waals surface area contributed by atoms with Crippen molar-refractivity contribution < 1.29 is 0 Å². The predicted octanol–water partition coefficient (Wildman–Crippen LogP) is 2.29. The first kappa shape index (κ1) is 9.04. The van der Waals surface area contributed by atoms with Gasteiger partial charge in [0.05, 0.1) is 28.5 Å². The SMILES string of the molecule is Cn1c(CC#N)nc2cccc(Cl)c21. The summed E-state index contributed by atoms with van der Waals surface area (Å²) in [7, 11) is 1.87. The van der Waals surface area contributed by atoms with Gasteiger partial charge in [-0.15, -0.1) is 0 Å². The zero-order valence-electron chi connectivity index (χ0n) is 7.66. The summed E-state index contributed by atoms with van der Waals surface area (Å²) in [5, 5.41) is 9.27. The molecule has 2 rings (SSSR count). The third-order valence-electron chi connectivity index (χ3n) is 2.17. The average molecular weight is 206 g/mol. The van der Waals surface area contributed by atoms with Gasteiger partial charge in [0, 0.05) is 7.05 Å². The quantitative estimate of drug-likeness (QED) is 0.717. The molecule has 3 nitrogen and oxygen atoms in total. The molecule has 0 radical (unpaired) electrons. The number of rotatable bonds is 1.